The SMILES string of the molecule is CC(C)(C)Oc1ccccc1C(=O)NCCO. The summed E-state index contributed by atoms with van der Waals surface area (Å²) < 4.78 is 5.71. The van der Waals surface area contributed by atoms with Crippen LogP contribution in [0.25, 0.3) is 0 Å². The van der Waals surface area contributed by atoms with Crippen LogP contribution in [0.3, 0.4) is 0 Å². The number of hydrogen-bond donors (Lipinski definition) is 2. The molecule has 4 nitrogen and oxygen atoms in total. The van der Waals surface area contributed by atoms with Gasteiger partial charge in [0.25, 0.3) is 5.91 Å². The van der Waals surface area contributed by atoms with Crippen LogP contribution in [0.4, 0.5) is 0 Å². The second kappa shape index (κ2) is 5.68. The van der Waals surface area contributed by atoms with E-state index in [1.54, 1.807) is 18.2 Å². The van der Waals surface area contributed by atoms with Gasteiger partial charge in [0.15, 0.2) is 0 Å². The van der Waals surface area contributed by atoms with Crippen LogP contribution in [-0.2, 0) is 0 Å². The lowest BCUT2D eigenvalue weighted by Crippen LogP contribution is -2.29. The molecular weight excluding hydrogens is 218 g/mol. The van der Waals surface area contributed by atoms with E-state index in [0.29, 0.717) is 11.3 Å². The molecule has 0 aromatic heterocycles. The van der Waals surface area contributed by atoms with Crippen LogP contribution in [0.2, 0.25) is 0 Å². The first-order valence-corrected chi connectivity index (χ1v) is 5.61. The molecule has 0 unspecified atom stereocenters. The topological polar surface area (TPSA) is 58.6 Å². The smallest absolute Gasteiger partial charge is 0.255 e. The van der Waals surface area contributed by atoms with Gasteiger partial charge < -0.3 is 15.2 Å². The standard InChI is InChI=1S/C13H19NO3/c1-13(2,3)17-11-7-5-4-6-10(11)12(16)14-8-9-15/h4-7,15H,8-9H2,1-3H3,(H,14,16). The summed E-state index contributed by atoms with van der Waals surface area (Å²) in [6, 6.07) is 7.07. The molecule has 0 bridgehead atoms. The van der Waals surface area contributed by atoms with Crippen LogP contribution in [0.15, 0.2) is 24.3 Å². The number of aliphatic hydroxyl groups excluding tert-OH is 1. The Balaban J connectivity index is 2.88. The summed E-state index contributed by atoms with van der Waals surface area (Å²) >= 11 is 0. The van der Waals surface area contributed by atoms with E-state index in [4.69, 9.17) is 9.84 Å². The number of aliphatic hydroxyl groups is 1. The summed E-state index contributed by atoms with van der Waals surface area (Å²) in [6.07, 6.45) is 0. The summed E-state index contributed by atoms with van der Waals surface area (Å²) in [7, 11) is 0. The molecule has 2 N–H and O–H groups in total. The van der Waals surface area contributed by atoms with Gasteiger partial charge in [-0.2, -0.15) is 0 Å². The monoisotopic (exact) mass is 237 g/mol. The molecule has 0 aliphatic carbocycles. The molecule has 0 atom stereocenters. The minimum atomic E-state index is -0.354. The number of para-hydroxylation sites is 1. The Morgan fingerprint density at radius 2 is 2.00 bits per heavy atom. The maximum Gasteiger partial charge on any atom is 0.255 e. The predicted octanol–water partition coefficient (Wildman–Crippen LogP) is 1.59. The van der Waals surface area contributed by atoms with Crippen molar-refractivity contribution in [1.82, 2.24) is 5.32 Å². The third-order valence-corrected chi connectivity index (χ3v) is 1.95. The highest BCUT2D eigenvalue weighted by atomic mass is 16.5. The van der Waals surface area contributed by atoms with E-state index in [0.717, 1.165) is 0 Å². The molecule has 1 aromatic carbocycles. The van der Waals surface area contributed by atoms with Gasteiger partial charge in [-0.25, -0.2) is 0 Å². The van der Waals surface area contributed by atoms with Crippen molar-refractivity contribution >= 4 is 5.91 Å². The van der Waals surface area contributed by atoms with Gasteiger partial charge >= 0.3 is 0 Å². The zero-order valence-corrected chi connectivity index (χ0v) is 10.5. The Morgan fingerprint density at radius 1 is 1.35 bits per heavy atom. The van der Waals surface area contributed by atoms with Crippen LogP contribution < -0.4 is 10.1 Å². The molecule has 0 aliphatic heterocycles. The van der Waals surface area contributed by atoms with Crippen molar-refractivity contribution in [3.63, 3.8) is 0 Å². The summed E-state index contributed by atoms with van der Waals surface area (Å²) in [5, 5.41) is 11.3. The van der Waals surface area contributed by atoms with Crippen molar-refractivity contribution < 1.29 is 14.6 Å². The Kier molecular flexibility index (Phi) is 4.52. The molecule has 94 valence electrons. The Morgan fingerprint density at radius 3 is 2.59 bits per heavy atom. The summed E-state index contributed by atoms with van der Waals surface area (Å²) in [6.45, 7) is 5.94. The van der Waals surface area contributed by atoms with Crippen LogP contribution in [0.5, 0.6) is 5.75 Å². The normalized spacial score (nSPS) is 11.1. The van der Waals surface area contributed by atoms with E-state index in [2.05, 4.69) is 5.32 Å². The van der Waals surface area contributed by atoms with E-state index < -0.39 is 0 Å². The lowest BCUT2D eigenvalue weighted by atomic mass is 10.1. The Hall–Kier alpha value is -1.55. The zero-order chi connectivity index (χ0) is 12.9. The van der Waals surface area contributed by atoms with Gasteiger partial charge in [0.05, 0.1) is 12.2 Å². The number of ether oxygens (including phenoxy) is 1. The predicted molar refractivity (Wildman–Crippen MR) is 66.2 cm³/mol. The number of carbonyl (C=O) groups excluding carboxylic acids is 1. The number of benzene rings is 1. The molecule has 0 fully saturated rings. The lowest BCUT2D eigenvalue weighted by Gasteiger charge is -2.22. The van der Waals surface area contributed by atoms with Crippen LogP contribution in [0.1, 0.15) is 31.1 Å². The first kappa shape index (κ1) is 13.5. The molecule has 0 aliphatic rings. The number of rotatable bonds is 4. The molecule has 17 heavy (non-hydrogen) atoms. The minimum absolute atomic E-state index is 0.0754. The highest BCUT2D eigenvalue weighted by molar-refractivity contribution is 5.96. The van der Waals surface area contributed by atoms with Gasteiger partial charge in [-0.1, -0.05) is 12.1 Å². The van der Waals surface area contributed by atoms with E-state index in [9.17, 15) is 4.79 Å². The maximum atomic E-state index is 11.8. The quantitative estimate of drug-likeness (QED) is 0.836. The first-order valence-electron chi connectivity index (χ1n) is 5.61. The van der Waals surface area contributed by atoms with Crippen LogP contribution in [0, 0.1) is 0 Å². The van der Waals surface area contributed by atoms with Gasteiger partial charge in [0, 0.05) is 6.54 Å². The molecule has 1 amide bonds. The maximum absolute atomic E-state index is 11.8. The van der Waals surface area contributed by atoms with Crippen LogP contribution in [-0.4, -0.2) is 29.8 Å². The molecule has 0 spiro atoms. The van der Waals surface area contributed by atoms with Gasteiger partial charge in [-0.15, -0.1) is 0 Å². The lowest BCUT2D eigenvalue weighted by molar-refractivity contribution is 0.0924. The molecule has 0 saturated heterocycles. The second-order valence-electron chi connectivity index (χ2n) is 4.69. The summed E-state index contributed by atoms with van der Waals surface area (Å²) in [5.41, 5.74) is 0.128. The molecule has 0 radical (unpaired) electrons. The summed E-state index contributed by atoms with van der Waals surface area (Å²) in [4.78, 5) is 11.8. The van der Waals surface area contributed by atoms with Crippen LogP contribution >= 0.6 is 0 Å². The average Bonchev–Trinajstić information content (AvgIpc) is 2.24. The van der Waals surface area contributed by atoms with E-state index >= 15 is 0 Å². The third-order valence-electron chi connectivity index (χ3n) is 1.95. The first-order chi connectivity index (χ1) is 7.94. The van der Waals surface area contributed by atoms with Crippen molar-refractivity contribution in [3.05, 3.63) is 29.8 Å². The van der Waals surface area contributed by atoms with Crippen molar-refractivity contribution in [2.24, 2.45) is 0 Å². The van der Waals surface area contributed by atoms with Crippen molar-refractivity contribution in [2.75, 3.05) is 13.2 Å². The second-order valence-corrected chi connectivity index (χ2v) is 4.69. The fourth-order valence-electron chi connectivity index (χ4n) is 1.34. The molecular formula is C13H19NO3. The highest BCUT2D eigenvalue weighted by Crippen LogP contribution is 2.22. The van der Waals surface area contributed by atoms with E-state index in [-0.39, 0.29) is 24.7 Å². The number of hydrogen-bond acceptors (Lipinski definition) is 3. The summed E-state index contributed by atoms with van der Waals surface area (Å²) in [5.74, 6) is 0.314. The van der Waals surface area contributed by atoms with Crippen molar-refractivity contribution in [3.8, 4) is 5.75 Å². The van der Waals surface area contributed by atoms with Gasteiger partial charge in [0.2, 0.25) is 0 Å². The number of nitrogens with one attached hydrogen (secondary N) is 1. The fraction of sp³-hybridized carbons (Fsp3) is 0.462. The third kappa shape index (κ3) is 4.44. The molecule has 0 saturated carbocycles. The minimum Gasteiger partial charge on any atom is -0.487 e. The molecule has 1 rings (SSSR count). The van der Waals surface area contributed by atoms with Gasteiger partial charge in [0.1, 0.15) is 11.4 Å². The average molecular weight is 237 g/mol. The fourth-order valence-corrected chi connectivity index (χ4v) is 1.34. The Labute approximate surface area is 102 Å². The largest absolute Gasteiger partial charge is 0.487 e. The van der Waals surface area contributed by atoms with Gasteiger partial charge in [-0.3, -0.25) is 4.79 Å². The van der Waals surface area contributed by atoms with Crippen molar-refractivity contribution in [2.45, 2.75) is 26.4 Å². The molecule has 1 aromatic rings. The van der Waals surface area contributed by atoms with Gasteiger partial charge in [-0.05, 0) is 32.9 Å². The zero-order valence-electron chi connectivity index (χ0n) is 10.5. The number of carbonyl (C=O) groups is 1. The Bertz CT molecular complexity index is 382. The highest BCUT2D eigenvalue weighted by Gasteiger charge is 2.17. The van der Waals surface area contributed by atoms with E-state index in [1.165, 1.54) is 0 Å². The van der Waals surface area contributed by atoms with E-state index in [1.807, 2.05) is 26.8 Å². The molecule has 4 heteroatoms. The number of amides is 1. The molecule has 0 heterocycles. The van der Waals surface area contributed by atoms with Crippen molar-refractivity contribution in [1.29, 1.82) is 0 Å².